The van der Waals surface area contributed by atoms with Crippen LogP contribution in [0.15, 0.2) is 0 Å². The van der Waals surface area contributed by atoms with Crippen molar-refractivity contribution >= 4 is 5.91 Å². The number of rotatable bonds is 6. The first kappa shape index (κ1) is 16.4. The SMILES string of the molecule is CCN(CC)CC1CCN(C(=O)[C@H](N)C(C)C)CC1. The van der Waals surface area contributed by atoms with Crippen molar-refractivity contribution in [3.05, 3.63) is 0 Å². The third-order valence-electron chi connectivity index (χ3n) is 4.34. The molecule has 0 aromatic carbocycles. The van der Waals surface area contributed by atoms with Crippen LogP contribution in [0, 0.1) is 11.8 Å². The first-order chi connectivity index (χ1) is 8.99. The van der Waals surface area contributed by atoms with Crippen LogP contribution < -0.4 is 5.73 Å². The van der Waals surface area contributed by atoms with E-state index in [9.17, 15) is 4.79 Å². The Bertz CT molecular complexity index is 269. The maximum absolute atomic E-state index is 12.2. The fourth-order valence-electron chi connectivity index (χ4n) is 2.68. The van der Waals surface area contributed by atoms with Crippen LogP contribution in [0.2, 0.25) is 0 Å². The van der Waals surface area contributed by atoms with Crippen molar-refractivity contribution in [1.29, 1.82) is 0 Å². The second-order valence-electron chi connectivity index (χ2n) is 6.02. The summed E-state index contributed by atoms with van der Waals surface area (Å²) in [5, 5.41) is 0. The van der Waals surface area contributed by atoms with Crippen LogP contribution in [0.4, 0.5) is 0 Å². The fourth-order valence-corrected chi connectivity index (χ4v) is 2.68. The summed E-state index contributed by atoms with van der Waals surface area (Å²) >= 11 is 0. The molecular formula is C15H31N3O. The Morgan fingerprint density at radius 3 is 2.21 bits per heavy atom. The highest BCUT2D eigenvalue weighted by Gasteiger charge is 2.28. The third-order valence-corrected chi connectivity index (χ3v) is 4.34. The summed E-state index contributed by atoms with van der Waals surface area (Å²) < 4.78 is 0. The maximum atomic E-state index is 12.2. The molecule has 2 N–H and O–H groups in total. The lowest BCUT2D eigenvalue weighted by molar-refractivity contribution is -0.135. The first-order valence-corrected chi connectivity index (χ1v) is 7.76. The minimum absolute atomic E-state index is 0.135. The van der Waals surface area contributed by atoms with Gasteiger partial charge in [0.1, 0.15) is 0 Å². The van der Waals surface area contributed by atoms with Gasteiger partial charge in [-0.2, -0.15) is 0 Å². The molecule has 1 saturated heterocycles. The Hall–Kier alpha value is -0.610. The Balaban J connectivity index is 2.38. The maximum Gasteiger partial charge on any atom is 0.239 e. The summed E-state index contributed by atoms with van der Waals surface area (Å²) in [6.45, 7) is 13.6. The quantitative estimate of drug-likeness (QED) is 0.796. The lowest BCUT2D eigenvalue weighted by Gasteiger charge is -2.36. The zero-order chi connectivity index (χ0) is 14.4. The van der Waals surface area contributed by atoms with Crippen molar-refractivity contribution in [1.82, 2.24) is 9.80 Å². The monoisotopic (exact) mass is 269 g/mol. The first-order valence-electron chi connectivity index (χ1n) is 7.76. The number of nitrogens with two attached hydrogens (primary N) is 1. The molecule has 0 saturated carbocycles. The highest BCUT2D eigenvalue weighted by atomic mass is 16.2. The average Bonchev–Trinajstić information content (AvgIpc) is 2.43. The molecule has 1 heterocycles. The normalized spacial score (nSPS) is 19.2. The van der Waals surface area contributed by atoms with E-state index in [0.29, 0.717) is 0 Å². The molecular weight excluding hydrogens is 238 g/mol. The summed E-state index contributed by atoms with van der Waals surface area (Å²) in [4.78, 5) is 16.6. The van der Waals surface area contributed by atoms with Crippen LogP contribution in [-0.2, 0) is 4.79 Å². The average molecular weight is 269 g/mol. The molecule has 0 spiro atoms. The van der Waals surface area contributed by atoms with Gasteiger partial charge in [-0.05, 0) is 37.8 Å². The van der Waals surface area contributed by atoms with Crippen LogP contribution in [0.3, 0.4) is 0 Å². The molecule has 4 heteroatoms. The predicted octanol–water partition coefficient (Wildman–Crippen LogP) is 1.55. The lowest BCUT2D eigenvalue weighted by atomic mass is 9.94. The van der Waals surface area contributed by atoms with Gasteiger partial charge in [-0.25, -0.2) is 0 Å². The Morgan fingerprint density at radius 1 is 1.26 bits per heavy atom. The van der Waals surface area contributed by atoms with Crippen LogP contribution in [-0.4, -0.2) is 54.5 Å². The molecule has 1 aliphatic rings. The van der Waals surface area contributed by atoms with Gasteiger partial charge in [0, 0.05) is 19.6 Å². The third kappa shape index (κ3) is 4.77. The standard InChI is InChI=1S/C15H31N3O/c1-5-17(6-2)11-13-7-9-18(10-8-13)15(19)14(16)12(3)4/h12-14H,5-11,16H2,1-4H3/t14-/m1/s1. The van der Waals surface area contributed by atoms with Crippen LogP contribution in [0.5, 0.6) is 0 Å². The van der Waals surface area contributed by atoms with E-state index in [-0.39, 0.29) is 17.9 Å². The molecule has 1 amide bonds. The Kier molecular flexibility index (Phi) is 6.80. The summed E-state index contributed by atoms with van der Waals surface area (Å²) in [5.74, 6) is 1.09. The smallest absolute Gasteiger partial charge is 0.239 e. The minimum atomic E-state index is -0.334. The minimum Gasteiger partial charge on any atom is -0.341 e. The van der Waals surface area contributed by atoms with Gasteiger partial charge in [-0.3, -0.25) is 4.79 Å². The van der Waals surface area contributed by atoms with Crippen molar-refractivity contribution in [2.24, 2.45) is 17.6 Å². The molecule has 19 heavy (non-hydrogen) atoms. The Morgan fingerprint density at radius 2 is 1.79 bits per heavy atom. The van der Waals surface area contributed by atoms with Gasteiger partial charge in [-0.1, -0.05) is 27.7 Å². The number of likely N-dealkylation sites (tertiary alicyclic amines) is 1. The largest absolute Gasteiger partial charge is 0.341 e. The van der Waals surface area contributed by atoms with Gasteiger partial charge in [0.25, 0.3) is 0 Å². The fraction of sp³-hybridized carbons (Fsp3) is 0.933. The predicted molar refractivity (Wildman–Crippen MR) is 79.9 cm³/mol. The van der Waals surface area contributed by atoms with Gasteiger partial charge in [0.2, 0.25) is 5.91 Å². The number of piperidine rings is 1. The molecule has 1 atom stereocenters. The summed E-state index contributed by atoms with van der Waals surface area (Å²) in [6, 6.07) is -0.334. The van der Waals surface area contributed by atoms with E-state index in [1.165, 1.54) is 6.54 Å². The second kappa shape index (κ2) is 7.85. The topological polar surface area (TPSA) is 49.6 Å². The second-order valence-corrected chi connectivity index (χ2v) is 6.02. The van der Waals surface area contributed by atoms with E-state index in [1.54, 1.807) is 0 Å². The van der Waals surface area contributed by atoms with Gasteiger partial charge in [0.05, 0.1) is 6.04 Å². The van der Waals surface area contributed by atoms with Gasteiger partial charge in [0.15, 0.2) is 0 Å². The van der Waals surface area contributed by atoms with Crippen molar-refractivity contribution in [3.8, 4) is 0 Å². The zero-order valence-corrected chi connectivity index (χ0v) is 13.1. The summed E-state index contributed by atoms with van der Waals surface area (Å²) in [5.41, 5.74) is 5.95. The molecule has 0 bridgehead atoms. The van der Waals surface area contributed by atoms with E-state index in [0.717, 1.165) is 44.9 Å². The van der Waals surface area contributed by atoms with E-state index in [1.807, 2.05) is 18.7 Å². The van der Waals surface area contributed by atoms with E-state index < -0.39 is 0 Å². The van der Waals surface area contributed by atoms with E-state index >= 15 is 0 Å². The van der Waals surface area contributed by atoms with Crippen molar-refractivity contribution in [2.75, 3.05) is 32.7 Å². The highest BCUT2D eigenvalue weighted by Crippen LogP contribution is 2.19. The molecule has 0 unspecified atom stereocenters. The van der Waals surface area contributed by atoms with Crippen molar-refractivity contribution in [2.45, 2.75) is 46.6 Å². The summed E-state index contributed by atoms with van der Waals surface area (Å²) in [6.07, 6.45) is 2.24. The Labute approximate surface area is 118 Å². The van der Waals surface area contributed by atoms with Gasteiger partial charge >= 0.3 is 0 Å². The highest BCUT2D eigenvalue weighted by molar-refractivity contribution is 5.82. The van der Waals surface area contributed by atoms with Crippen molar-refractivity contribution < 1.29 is 4.79 Å². The summed E-state index contributed by atoms with van der Waals surface area (Å²) in [7, 11) is 0. The molecule has 0 aromatic heterocycles. The molecule has 4 nitrogen and oxygen atoms in total. The van der Waals surface area contributed by atoms with Gasteiger partial charge in [-0.15, -0.1) is 0 Å². The van der Waals surface area contributed by atoms with E-state index in [4.69, 9.17) is 5.73 Å². The molecule has 0 aliphatic carbocycles. The number of hydrogen-bond acceptors (Lipinski definition) is 3. The number of carbonyl (C=O) groups excluding carboxylic acids is 1. The molecule has 112 valence electrons. The molecule has 0 aromatic rings. The molecule has 1 rings (SSSR count). The lowest BCUT2D eigenvalue weighted by Crippen LogP contribution is -2.50. The van der Waals surface area contributed by atoms with Crippen LogP contribution in [0.1, 0.15) is 40.5 Å². The van der Waals surface area contributed by atoms with Gasteiger partial charge < -0.3 is 15.5 Å². The van der Waals surface area contributed by atoms with Crippen LogP contribution >= 0.6 is 0 Å². The molecule has 1 fully saturated rings. The molecule has 0 radical (unpaired) electrons. The number of amides is 1. The van der Waals surface area contributed by atoms with E-state index in [2.05, 4.69) is 18.7 Å². The van der Waals surface area contributed by atoms with Crippen LogP contribution in [0.25, 0.3) is 0 Å². The number of nitrogens with zero attached hydrogens (tertiary/aromatic N) is 2. The number of carbonyl (C=O) groups is 1. The van der Waals surface area contributed by atoms with Crippen molar-refractivity contribution in [3.63, 3.8) is 0 Å². The zero-order valence-electron chi connectivity index (χ0n) is 13.1. The molecule has 1 aliphatic heterocycles. The number of hydrogen-bond donors (Lipinski definition) is 1.